The Kier molecular flexibility index (Phi) is 4.51. The maximum absolute atomic E-state index is 4.46. The molecule has 0 unspecified atom stereocenters. The molecule has 1 heterocycles. The molecular formula is C11H18BrN3. The summed E-state index contributed by atoms with van der Waals surface area (Å²) in [5.74, 6) is 1.81. The second kappa shape index (κ2) is 5.45. The first-order valence-electron chi connectivity index (χ1n) is 5.32. The van der Waals surface area contributed by atoms with Crippen LogP contribution < -0.4 is 4.90 Å². The molecule has 0 aliphatic rings. The summed E-state index contributed by atoms with van der Waals surface area (Å²) in [7, 11) is 0. The maximum atomic E-state index is 4.46. The summed E-state index contributed by atoms with van der Waals surface area (Å²) in [5.41, 5.74) is 0. The summed E-state index contributed by atoms with van der Waals surface area (Å²) < 4.78 is 0.853. The van der Waals surface area contributed by atoms with Crippen molar-refractivity contribution in [2.24, 2.45) is 0 Å². The van der Waals surface area contributed by atoms with Crippen LogP contribution in [0.4, 0.5) is 5.82 Å². The minimum absolute atomic E-state index is 0.464. The van der Waals surface area contributed by atoms with Crippen LogP contribution in [0.5, 0.6) is 0 Å². The van der Waals surface area contributed by atoms with Gasteiger partial charge in [0.1, 0.15) is 16.2 Å². The third-order valence-corrected chi connectivity index (χ3v) is 2.58. The molecule has 0 saturated carbocycles. The molecule has 1 rings (SSSR count). The zero-order valence-electron chi connectivity index (χ0n) is 9.79. The van der Waals surface area contributed by atoms with Crippen molar-refractivity contribution in [2.75, 3.05) is 11.4 Å². The molecule has 0 spiro atoms. The minimum Gasteiger partial charge on any atom is -0.354 e. The first-order valence-corrected chi connectivity index (χ1v) is 6.11. The summed E-state index contributed by atoms with van der Waals surface area (Å²) in [6.45, 7) is 9.49. The van der Waals surface area contributed by atoms with Gasteiger partial charge in [-0.3, -0.25) is 0 Å². The van der Waals surface area contributed by atoms with E-state index in [0.29, 0.717) is 6.04 Å². The molecule has 0 atom stereocenters. The van der Waals surface area contributed by atoms with Crippen molar-refractivity contribution >= 4 is 21.7 Å². The van der Waals surface area contributed by atoms with E-state index in [9.17, 15) is 0 Å². The minimum atomic E-state index is 0.464. The molecular weight excluding hydrogens is 254 g/mol. The first-order chi connectivity index (χ1) is 7.04. The van der Waals surface area contributed by atoms with Gasteiger partial charge < -0.3 is 4.90 Å². The van der Waals surface area contributed by atoms with E-state index in [-0.39, 0.29) is 0 Å². The van der Waals surface area contributed by atoms with Crippen LogP contribution in [0.3, 0.4) is 0 Å². The highest BCUT2D eigenvalue weighted by atomic mass is 79.9. The largest absolute Gasteiger partial charge is 0.354 e. The highest BCUT2D eigenvalue weighted by Gasteiger charge is 2.12. The highest BCUT2D eigenvalue weighted by Crippen LogP contribution is 2.18. The van der Waals surface area contributed by atoms with E-state index in [1.54, 1.807) is 0 Å². The molecule has 0 radical (unpaired) electrons. The molecule has 1 aromatic rings. The molecule has 0 aromatic carbocycles. The Bertz CT molecular complexity index is 305. The van der Waals surface area contributed by atoms with E-state index in [1.165, 1.54) is 0 Å². The molecule has 3 nitrogen and oxygen atoms in total. The lowest BCUT2D eigenvalue weighted by molar-refractivity contribution is 0.659. The standard InChI is InChI=1S/C11H18BrN3/c1-5-6-15(8(2)3)11-7-10(12)13-9(4)14-11/h7-8H,5-6H2,1-4H3. The Labute approximate surface area is 100 Å². The molecule has 84 valence electrons. The quantitative estimate of drug-likeness (QED) is 0.788. The lowest BCUT2D eigenvalue weighted by Crippen LogP contribution is -2.32. The van der Waals surface area contributed by atoms with Crippen molar-refractivity contribution in [1.29, 1.82) is 0 Å². The Morgan fingerprint density at radius 1 is 1.40 bits per heavy atom. The van der Waals surface area contributed by atoms with Gasteiger partial charge in [-0.25, -0.2) is 9.97 Å². The Balaban J connectivity index is 2.99. The zero-order valence-corrected chi connectivity index (χ0v) is 11.4. The van der Waals surface area contributed by atoms with Gasteiger partial charge in [0.2, 0.25) is 0 Å². The third-order valence-electron chi connectivity index (χ3n) is 2.18. The van der Waals surface area contributed by atoms with Crippen LogP contribution in [-0.2, 0) is 0 Å². The highest BCUT2D eigenvalue weighted by molar-refractivity contribution is 9.10. The number of halogens is 1. The van der Waals surface area contributed by atoms with E-state index in [0.717, 1.165) is 29.2 Å². The van der Waals surface area contributed by atoms with Gasteiger partial charge in [0, 0.05) is 18.7 Å². The van der Waals surface area contributed by atoms with Crippen LogP contribution >= 0.6 is 15.9 Å². The van der Waals surface area contributed by atoms with E-state index >= 15 is 0 Å². The van der Waals surface area contributed by atoms with E-state index in [4.69, 9.17) is 0 Å². The van der Waals surface area contributed by atoms with E-state index in [2.05, 4.69) is 51.6 Å². The molecule has 0 N–H and O–H groups in total. The summed E-state index contributed by atoms with van der Waals surface area (Å²) >= 11 is 3.40. The first kappa shape index (κ1) is 12.4. The van der Waals surface area contributed by atoms with E-state index < -0.39 is 0 Å². The Hall–Kier alpha value is -0.640. The number of hydrogen-bond acceptors (Lipinski definition) is 3. The van der Waals surface area contributed by atoms with Crippen molar-refractivity contribution in [3.8, 4) is 0 Å². The van der Waals surface area contributed by atoms with Gasteiger partial charge >= 0.3 is 0 Å². The fraction of sp³-hybridized carbons (Fsp3) is 0.636. The monoisotopic (exact) mass is 271 g/mol. The van der Waals surface area contributed by atoms with Gasteiger partial charge in [0.15, 0.2) is 0 Å². The average molecular weight is 272 g/mol. The fourth-order valence-electron chi connectivity index (χ4n) is 1.54. The molecule has 0 saturated heterocycles. The number of hydrogen-bond donors (Lipinski definition) is 0. The Morgan fingerprint density at radius 2 is 2.07 bits per heavy atom. The third kappa shape index (κ3) is 3.45. The van der Waals surface area contributed by atoms with Crippen molar-refractivity contribution in [3.63, 3.8) is 0 Å². The molecule has 15 heavy (non-hydrogen) atoms. The number of aromatic nitrogens is 2. The number of aryl methyl sites for hydroxylation is 1. The van der Waals surface area contributed by atoms with Crippen molar-refractivity contribution in [1.82, 2.24) is 9.97 Å². The van der Waals surface area contributed by atoms with Crippen LogP contribution in [-0.4, -0.2) is 22.6 Å². The molecule has 4 heteroatoms. The van der Waals surface area contributed by atoms with Gasteiger partial charge in [-0.1, -0.05) is 6.92 Å². The van der Waals surface area contributed by atoms with Crippen LogP contribution in [0, 0.1) is 6.92 Å². The average Bonchev–Trinajstić information content (AvgIpc) is 2.11. The predicted molar refractivity (Wildman–Crippen MR) is 67.2 cm³/mol. The normalized spacial score (nSPS) is 10.8. The van der Waals surface area contributed by atoms with Gasteiger partial charge in [-0.05, 0) is 43.1 Å². The SMILES string of the molecule is CCCN(c1cc(Br)nc(C)n1)C(C)C. The smallest absolute Gasteiger partial charge is 0.133 e. The molecule has 0 aliphatic heterocycles. The van der Waals surface area contributed by atoms with Crippen molar-refractivity contribution in [3.05, 3.63) is 16.5 Å². The van der Waals surface area contributed by atoms with Crippen LogP contribution in [0.15, 0.2) is 10.7 Å². The van der Waals surface area contributed by atoms with Crippen molar-refractivity contribution in [2.45, 2.75) is 40.2 Å². The van der Waals surface area contributed by atoms with Gasteiger partial charge in [-0.15, -0.1) is 0 Å². The van der Waals surface area contributed by atoms with Crippen LogP contribution in [0.2, 0.25) is 0 Å². The second-order valence-electron chi connectivity index (χ2n) is 3.88. The summed E-state index contributed by atoms with van der Waals surface area (Å²) in [5, 5.41) is 0. The number of rotatable bonds is 4. The summed E-state index contributed by atoms with van der Waals surface area (Å²) in [6.07, 6.45) is 1.12. The summed E-state index contributed by atoms with van der Waals surface area (Å²) in [4.78, 5) is 11.0. The van der Waals surface area contributed by atoms with Gasteiger partial charge in [0.25, 0.3) is 0 Å². The van der Waals surface area contributed by atoms with Gasteiger partial charge in [-0.2, -0.15) is 0 Å². The fourth-order valence-corrected chi connectivity index (χ4v) is 2.00. The topological polar surface area (TPSA) is 29.0 Å². The van der Waals surface area contributed by atoms with Crippen LogP contribution in [0.25, 0.3) is 0 Å². The zero-order chi connectivity index (χ0) is 11.4. The molecule has 0 fully saturated rings. The lowest BCUT2D eigenvalue weighted by atomic mass is 10.3. The molecule has 1 aromatic heterocycles. The maximum Gasteiger partial charge on any atom is 0.133 e. The van der Waals surface area contributed by atoms with E-state index in [1.807, 2.05) is 13.0 Å². The molecule has 0 bridgehead atoms. The number of nitrogens with zero attached hydrogens (tertiary/aromatic N) is 3. The predicted octanol–water partition coefficient (Wildman–Crippen LogP) is 3.17. The number of anilines is 1. The summed E-state index contributed by atoms with van der Waals surface area (Å²) in [6, 6.07) is 2.44. The second-order valence-corrected chi connectivity index (χ2v) is 4.70. The van der Waals surface area contributed by atoms with Crippen LogP contribution in [0.1, 0.15) is 33.0 Å². The van der Waals surface area contributed by atoms with Crippen molar-refractivity contribution < 1.29 is 0 Å². The Morgan fingerprint density at radius 3 is 2.53 bits per heavy atom. The molecule has 0 aliphatic carbocycles. The molecule has 0 amide bonds. The van der Waals surface area contributed by atoms with Gasteiger partial charge in [0.05, 0.1) is 0 Å². The lowest BCUT2D eigenvalue weighted by Gasteiger charge is -2.27.